The molecule has 0 amide bonds. The van der Waals surface area contributed by atoms with E-state index in [0.29, 0.717) is 23.0 Å². The van der Waals surface area contributed by atoms with Crippen LogP contribution in [0.3, 0.4) is 0 Å². The van der Waals surface area contributed by atoms with Gasteiger partial charge in [-0.05, 0) is 61.1 Å². The van der Waals surface area contributed by atoms with Crippen molar-refractivity contribution in [2.24, 2.45) is 5.92 Å². The molecule has 3 aromatic rings. The number of alkyl halides is 2. The van der Waals surface area contributed by atoms with E-state index in [1.807, 2.05) is 12.1 Å². The highest BCUT2D eigenvalue weighted by molar-refractivity contribution is 6.31. The van der Waals surface area contributed by atoms with Gasteiger partial charge in [-0.25, -0.2) is 8.78 Å². The monoisotopic (exact) mass is 527 g/mol. The van der Waals surface area contributed by atoms with Crippen molar-refractivity contribution in [1.29, 1.82) is 0 Å². The summed E-state index contributed by atoms with van der Waals surface area (Å²) in [4.78, 5) is 7.21. The van der Waals surface area contributed by atoms with Crippen LogP contribution in [0, 0.1) is 12.8 Å². The number of benzene rings is 2. The number of aryl methyl sites for hydroxylation is 1. The minimum Gasteiger partial charge on any atom is -0.369 e. The number of anilines is 2. The summed E-state index contributed by atoms with van der Waals surface area (Å²) in [5, 5.41) is 5.00. The Hall–Kier alpha value is -2.64. The maximum absolute atomic E-state index is 13.8. The van der Waals surface area contributed by atoms with Gasteiger partial charge in [-0.2, -0.15) is 5.10 Å². The van der Waals surface area contributed by atoms with Gasteiger partial charge < -0.3 is 9.80 Å². The Morgan fingerprint density at radius 3 is 2.54 bits per heavy atom. The normalized spacial score (nSPS) is 19.0. The second kappa shape index (κ2) is 11.0. The van der Waals surface area contributed by atoms with E-state index in [1.165, 1.54) is 5.69 Å². The molecule has 3 heterocycles. The van der Waals surface area contributed by atoms with Gasteiger partial charge in [-0.1, -0.05) is 43.6 Å². The summed E-state index contributed by atoms with van der Waals surface area (Å²) in [6, 6.07) is 14.6. The maximum Gasteiger partial charge on any atom is 0.280 e. The molecule has 1 atom stereocenters. The minimum absolute atomic E-state index is 0.0302. The maximum atomic E-state index is 13.8. The lowest BCUT2D eigenvalue weighted by molar-refractivity contribution is 0.133. The smallest absolute Gasteiger partial charge is 0.280 e. The molecule has 0 radical (unpaired) electrons. The molecule has 0 saturated carbocycles. The molecule has 1 unspecified atom stereocenters. The molecule has 0 spiro atoms. The third-order valence-corrected chi connectivity index (χ3v) is 7.73. The van der Waals surface area contributed by atoms with Crippen LogP contribution in [0.4, 0.5) is 20.2 Å². The predicted octanol–water partition coefficient (Wildman–Crippen LogP) is 7.03. The average Bonchev–Trinajstić information content (AvgIpc) is 3.50. The Kier molecular flexibility index (Phi) is 7.72. The minimum atomic E-state index is -2.54. The van der Waals surface area contributed by atoms with Gasteiger partial charge in [0, 0.05) is 54.7 Å². The molecule has 0 bridgehead atoms. The Morgan fingerprint density at radius 1 is 1.03 bits per heavy atom. The Morgan fingerprint density at radius 2 is 1.81 bits per heavy atom. The van der Waals surface area contributed by atoms with Gasteiger partial charge in [0.2, 0.25) is 0 Å². The summed E-state index contributed by atoms with van der Waals surface area (Å²) in [7, 11) is 0. The van der Waals surface area contributed by atoms with Gasteiger partial charge in [-0.3, -0.25) is 9.58 Å². The topological polar surface area (TPSA) is 27.5 Å². The van der Waals surface area contributed by atoms with Crippen molar-refractivity contribution in [3.63, 3.8) is 0 Å². The van der Waals surface area contributed by atoms with E-state index in [-0.39, 0.29) is 11.7 Å². The first-order valence-corrected chi connectivity index (χ1v) is 13.6. The molecule has 5 rings (SSSR count). The number of rotatable bonds is 7. The molecule has 5 nitrogen and oxygen atoms in total. The number of halogens is 3. The largest absolute Gasteiger partial charge is 0.369 e. The number of hydrogen-bond donors (Lipinski definition) is 0. The van der Waals surface area contributed by atoms with E-state index in [1.54, 1.807) is 17.8 Å². The van der Waals surface area contributed by atoms with Crippen molar-refractivity contribution in [1.82, 2.24) is 14.7 Å². The number of nitrogens with zero attached hydrogens (tertiary/aromatic N) is 5. The molecule has 2 aromatic carbocycles. The predicted molar refractivity (Wildman–Crippen MR) is 148 cm³/mol. The first-order chi connectivity index (χ1) is 17.8. The zero-order valence-electron chi connectivity index (χ0n) is 21.9. The first-order valence-electron chi connectivity index (χ1n) is 13.2. The van der Waals surface area contributed by atoms with Gasteiger partial charge in [-0.15, -0.1) is 0 Å². The van der Waals surface area contributed by atoms with Crippen LogP contribution in [0.1, 0.15) is 50.4 Å². The summed E-state index contributed by atoms with van der Waals surface area (Å²) >= 11 is 6.45. The molecule has 0 aliphatic carbocycles. The Bertz CT molecular complexity index is 1210. The fraction of sp³-hybridized carbons (Fsp3) is 0.483. The standard InChI is InChI=1S/C29H36ClF2N5/c1-20(2)17-34-13-14-36(19-34)24-9-6-22(7-10-24)26-11-8-23(30)15-27(26)35-12-4-5-25(18-35)37-28(29(31)32)21(3)16-33-37/h6-11,15-16,20,25,29H,4-5,12-14,17-19H2,1-3H3. The lowest BCUT2D eigenvalue weighted by Gasteiger charge is -2.36. The summed E-state index contributed by atoms with van der Waals surface area (Å²) in [6.07, 6.45) is 0.742. The zero-order valence-corrected chi connectivity index (χ0v) is 22.6. The average molecular weight is 528 g/mol. The fourth-order valence-corrected chi connectivity index (χ4v) is 5.94. The van der Waals surface area contributed by atoms with Crippen molar-refractivity contribution < 1.29 is 8.78 Å². The van der Waals surface area contributed by atoms with E-state index < -0.39 is 6.43 Å². The van der Waals surface area contributed by atoms with Crippen molar-refractivity contribution in [3.8, 4) is 11.1 Å². The third-order valence-electron chi connectivity index (χ3n) is 7.50. The number of aromatic nitrogens is 2. The van der Waals surface area contributed by atoms with Crippen LogP contribution in [-0.2, 0) is 0 Å². The second-order valence-electron chi connectivity index (χ2n) is 10.8. The third kappa shape index (κ3) is 5.63. The van der Waals surface area contributed by atoms with Crippen molar-refractivity contribution >= 4 is 23.0 Å². The van der Waals surface area contributed by atoms with Crippen LogP contribution in [0.25, 0.3) is 11.1 Å². The SMILES string of the molecule is Cc1cnn(C2CCCN(c3cc(Cl)ccc3-c3ccc(N4CCN(CC(C)C)C4)cc3)C2)c1C(F)F. The molecule has 37 heavy (non-hydrogen) atoms. The van der Waals surface area contributed by atoms with E-state index in [9.17, 15) is 8.78 Å². The zero-order chi connectivity index (χ0) is 26.1. The number of piperidine rings is 1. The van der Waals surface area contributed by atoms with E-state index >= 15 is 0 Å². The van der Waals surface area contributed by atoms with Crippen LogP contribution in [0.5, 0.6) is 0 Å². The molecule has 2 aliphatic rings. The van der Waals surface area contributed by atoms with Gasteiger partial charge in [0.1, 0.15) is 5.69 Å². The second-order valence-corrected chi connectivity index (χ2v) is 11.2. The lowest BCUT2D eigenvalue weighted by Crippen LogP contribution is -2.37. The summed E-state index contributed by atoms with van der Waals surface area (Å²) in [6.45, 7) is 11.9. The summed E-state index contributed by atoms with van der Waals surface area (Å²) < 4.78 is 29.1. The highest BCUT2D eigenvalue weighted by atomic mass is 35.5. The number of hydrogen-bond acceptors (Lipinski definition) is 4. The van der Waals surface area contributed by atoms with Crippen LogP contribution >= 0.6 is 11.6 Å². The summed E-state index contributed by atoms with van der Waals surface area (Å²) in [5.74, 6) is 0.666. The van der Waals surface area contributed by atoms with Crippen molar-refractivity contribution in [3.05, 3.63) is 64.9 Å². The summed E-state index contributed by atoms with van der Waals surface area (Å²) in [5.41, 5.74) is 5.07. The van der Waals surface area contributed by atoms with E-state index in [0.717, 1.165) is 62.5 Å². The Balaban J connectivity index is 1.37. The van der Waals surface area contributed by atoms with Gasteiger partial charge in [0.05, 0.1) is 18.9 Å². The van der Waals surface area contributed by atoms with E-state index in [4.69, 9.17) is 11.6 Å². The Labute approximate surface area is 223 Å². The molecule has 0 N–H and O–H groups in total. The lowest BCUT2D eigenvalue weighted by atomic mass is 9.99. The molecule has 8 heteroatoms. The molecule has 1 aromatic heterocycles. The van der Waals surface area contributed by atoms with Crippen LogP contribution < -0.4 is 9.80 Å². The van der Waals surface area contributed by atoms with Gasteiger partial charge >= 0.3 is 0 Å². The quantitative estimate of drug-likeness (QED) is 0.330. The van der Waals surface area contributed by atoms with Crippen LogP contribution in [0.2, 0.25) is 5.02 Å². The fourth-order valence-electron chi connectivity index (χ4n) is 5.78. The van der Waals surface area contributed by atoms with Crippen molar-refractivity contribution in [2.75, 3.05) is 49.2 Å². The molecular formula is C29H36ClF2N5. The van der Waals surface area contributed by atoms with Crippen LogP contribution in [0.15, 0.2) is 48.7 Å². The van der Waals surface area contributed by atoms with Crippen LogP contribution in [-0.4, -0.2) is 54.1 Å². The van der Waals surface area contributed by atoms with E-state index in [2.05, 4.69) is 64.0 Å². The van der Waals surface area contributed by atoms with Gasteiger partial charge in [0.15, 0.2) is 0 Å². The molecule has 198 valence electrons. The molecule has 2 aliphatic heterocycles. The van der Waals surface area contributed by atoms with Gasteiger partial charge in [0.25, 0.3) is 6.43 Å². The molecule has 2 saturated heterocycles. The highest BCUT2D eigenvalue weighted by Crippen LogP contribution is 2.38. The van der Waals surface area contributed by atoms with Crippen molar-refractivity contribution in [2.45, 2.75) is 46.1 Å². The molecular weight excluding hydrogens is 492 g/mol. The first kappa shape index (κ1) is 26.0. The highest BCUT2D eigenvalue weighted by Gasteiger charge is 2.29. The molecule has 2 fully saturated rings.